The third-order valence-corrected chi connectivity index (χ3v) is 2.86. The van der Waals surface area contributed by atoms with Crippen LogP contribution in [-0.2, 0) is 4.79 Å². The minimum Gasteiger partial charge on any atom is -0.316 e. The molecule has 5 heteroatoms. The van der Waals surface area contributed by atoms with Crippen molar-refractivity contribution in [3.8, 4) is 0 Å². The Kier molecular flexibility index (Phi) is 3.06. The second kappa shape index (κ2) is 3.78. The van der Waals surface area contributed by atoms with Crippen molar-refractivity contribution in [3.05, 3.63) is 11.6 Å². The molecule has 4 N–H and O–H groups in total. The molecule has 80 valence electrons. The van der Waals surface area contributed by atoms with Gasteiger partial charge in [-0.05, 0) is 18.6 Å². The van der Waals surface area contributed by atoms with Gasteiger partial charge in [0.15, 0.2) is 5.78 Å². The van der Waals surface area contributed by atoms with Crippen molar-refractivity contribution in [1.82, 2.24) is 11.0 Å². The molecule has 0 fully saturated rings. The summed E-state index contributed by atoms with van der Waals surface area (Å²) >= 11 is 0. The zero-order chi connectivity index (χ0) is 10.9. The number of hydroxylamine groups is 2. The zero-order valence-electron chi connectivity index (χ0n) is 8.53. The van der Waals surface area contributed by atoms with E-state index in [1.165, 1.54) is 6.08 Å². The molecule has 0 aromatic heterocycles. The third-order valence-electron chi connectivity index (χ3n) is 2.86. The molecule has 0 aromatic carbocycles. The van der Waals surface area contributed by atoms with E-state index in [1.54, 1.807) is 20.8 Å². The zero-order valence-corrected chi connectivity index (χ0v) is 8.53. The van der Waals surface area contributed by atoms with Gasteiger partial charge in [-0.15, -0.1) is 0 Å². The minimum absolute atomic E-state index is 0.179. The summed E-state index contributed by atoms with van der Waals surface area (Å²) in [5.74, 6) is -0.179. The number of carbonyl (C=O) groups excluding carboxylic acids is 1. The quantitative estimate of drug-likeness (QED) is 0.480. The van der Waals surface area contributed by atoms with E-state index in [2.05, 4.69) is 5.48 Å². The summed E-state index contributed by atoms with van der Waals surface area (Å²) in [6.07, 6.45) is 1.42. The maximum absolute atomic E-state index is 11.5. The average molecular weight is 200 g/mol. The summed E-state index contributed by atoms with van der Waals surface area (Å²) in [7, 11) is 0. The highest BCUT2D eigenvalue weighted by Crippen LogP contribution is 2.33. The van der Waals surface area contributed by atoms with Gasteiger partial charge in [0.05, 0.1) is 6.04 Å². The predicted molar refractivity (Wildman–Crippen MR) is 50.0 cm³/mol. The molecule has 1 rings (SSSR count). The van der Waals surface area contributed by atoms with Gasteiger partial charge in [0.25, 0.3) is 0 Å². The fourth-order valence-electron chi connectivity index (χ4n) is 2.01. The van der Waals surface area contributed by atoms with Gasteiger partial charge in [-0.3, -0.25) is 4.79 Å². The van der Waals surface area contributed by atoms with Gasteiger partial charge in [0.1, 0.15) is 6.04 Å². The van der Waals surface area contributed by atoms with Crippen LogP contribution in [0, 0.1) is 5.41 Å². The lowest BCUT2D eigenvalue weighted by Gasteiger charge is -2.41. The molecule has 2 atom stereocenters. The Morgan fingerprint density at radius 1 is 1.29 bits per heavy atom. The maximum atomic E-state index is 11.5. The fourth-order valence-corrected chi connectivity index (χ4v) is 2.01. The summed E-state index contributed by atoms with van der Waals surface area (Å²) in [6.45, 7) is 5.35. The molecule has 14 heavy (non-hydrogen) atoms. The number of nitrogens with one attached hydrogen (secondary N) is 2. The first kappa shape index (κ1) is 11.3. The standard InChI is InChI=1S/C9H16N2O3/c1-5-4-6(12)8(11-14)9(2,3)7(5)10-13/h4,7-8,10-11,13-14H,1-3H3. The van der Waals surface area contributed by atoms with Gasteiger partial charge >= 0.3 is 0 Å². The smallest absolute Gasteiger partial charge is 0.175 e. The topological polar surface area (TPSA) is 81.6 Å². The summed E-state index contributed by atoms with van der Waals surface area (Å²) in [5, 5.41) is 17.9. The van der Waals surface area contributed by atoms with Crippen LogP contribution in [0.5, 0.6) is 0 Å². The average Bonchev–Trinajstić information content (AvgIpc) is 2.02. The van der Waals surface area contributed by atoms with E-state index in [-0.39, 0.29) is 11.8 Å². The Bertz CT molecular complexity index is 273. The van der Waals surface area contributed by atoms with E-state index in [1.807, 2.05) is 5.48 Å². The van der Waals surface area contributed by atoms with Gasteiger partial charge in [0, 0.05) is 5.41 Å². The molecule has 0 bridgehead atoms. The fraction of sp³-hybridized carbons (Fsp3) is 0.667. The van der Waals surface area contributed by atoms with Crippen LogP contribution in [-0.4, -0.2) is 28.3 Å². The largest absolute Gasteiger partial charge is 0.316 e. The molecule has 1 aliphatic carbocycles. The molecule has 0 saturated carbocycles. The van der Waals surface area contributed by atoms with Crippen molar-refractivity contribution in [3.63, 3.8) is 0 Å². The number of rotatable bonds is 2. The first-order valence-corrected chi connectivity index (χ1v) is 4.46. The summed E-state index contributed by atoms with van der Waals surface area (Å²) in [6, 6.07) is -1.04. The van der Waals surface area contributed by atoms with Crippen LogP contribution in [0.2, 0.25) is 0 Å². The molecule has 0 saturated heterocycles. The molecule has 2 unspecified atom stereocenters. The highest BCUT2D eigenvalue weighted by molar-refractivity contribution is 5.96. The summed E-state index contributed by atoms with van der Waals surface area (Å²) in [4.78, 5) is 11.5. The van der Waals surface area contributed by atoms with Crippen molar-refractivity contribution >= 4 is 5.78 Å². The van der Waals surface area contributed by atoms with E-state index in [4.69, 9.17) is 10.4 Å². The Hall–Kier alpha value is -0.750. The van der Waals surface area contributed by atoms with E-state index in [0.717, 1.165) is 5.57 Å². The van der Waals surface area contributed by atoms with Crippen LogP contribution in [0.25, 0.3) is 0 Å². The number of ketones is 1. The highest BCUT2D eigenvalue weighted by atomic mass is 16.5. The molecule has 0 spiro atoms. The van der Waals surface area contributed by atoms with Gasteiger partial charge in [-0.2, -0.15) is 11.0 Å². The lowest BCUT2D eigenvalue weighted by Crippen LogP contribution is -2.58. The molecule has 0 heterocycles. The van der Waals surface area contributed by atoms with Crippen LogP contribution in [0.15, 0.2) is 11.6 Å². The lowest BCUT2D eigenvalue weighted by atomic mass is 9.70. The Morgan fingerprint density at radius 3 is 2.21 bits per heavy atom. The van der Waals surface area contributed by atoms with Crippen LogP contribution < -0.4 is 11.0 Å². The van der Waals surface area contributed by atoms with Crippen molar-refractivity contribution in [1.29, 1.82) is 0 Å². The third kappa shape index (κ3) is 1.59. The minimum atomic E-state index is -0.698. The summed E-state index contributed by atoms with van der Waals surface area (Å²) < 4.78 is 0. The van der Waals surface area contributed by atoms with E-state index in [9.17, 15) is 4.79 Å². The first-order valence-electron chi connectivity index (χ1n) is 4.46. The van der Waals surface area contributed by atoms with E-state index < -0.39 is 11.5 Å². The number of hydrogen-bond acceptors (Lipinski definition) is 5. The van der Waals surface area contributed by atoms with Crippen molar-refractivity contribution in [2.24, 2.45) is 5.41 Å². The number of hydrogen-bond donors (Lipinski definition) is 4. The van der Waals surface area contributed by atoms with Crippen LogP contribution >= 0.6 is 0 Å². The molecule has 5 nitrogen and oxygen atoms in total. The molecule has 0 radical (unpaired) electrons. The predicted octanol–water partition coefficient (Wildman–Crippen LogP) is 0.236. The van der Waals surface area contributed by atoms with Gasteiger partial charge in [-0.1, -0.05) is 13.8 Å². The van der Waals surface area contributed by atoms with E-state index >= 15 is 0 Å². The normalized spacial score (nSPS) is 31.5. The van der Waals surface area contributed by atoms with Crippen molar-refractivity contribution in [2.45, 2.75) is 32.9 Å². The molecule has 0 aromatic rings. The molecular weight excluding hydrogens is 184 g/mol. The highest BCUT2D eigenvalue weighted by Gasteiger charge is 2.44. The van der Waals surface area contributed by atoms with Crippen molar-refractivity contribution < 1.29 is 15.2 Å². The van der Waals surface area contributed by atoms with Gasteiger partial charge in [0.2, 0.25) is 0 Å². The Morgan fingerprint density at radius 2 is 1.79 bits per heavy atom. The summed E-state index contributed by atoms with van der Waals surface area (Å²) in [5.41, 5.74) is 4.32. The van der Waals surface area contributed by atoms with Gasteiger partial charge in [-0.25, -0.2) is 0 Å². The molecule has 1 aliphatic rings. The molecule has 0 amide bonds. The van der Waals surface area contributed by atoms with Gasteiger partial charge < -0.3 is 10.4 Å². The first-order chi connectivity index (χ1) is 6.45. The second-order valence-corrected chi connectivity index (χ2v) is 4.24. The van der Waals surface area contributed by atoms with Crippen LogP contribution in [0.4, 0.5) is 0 Å². The SMILES string of the molecule is CC1=CC(=O)C(NO)C(C)(C)C1NO. The second-order valence-electron chi connectivity index (χ2n) is 4.24. The Labute approximate surface area is 82.7 Å². The molecular formula is C9H16N2O3. The van der Waals surface area contributed by atoms with E-state index in [0.29, 0.717) is 0 Å². The van der Waals surface area contributed by atoms with Crippen LogP contribution in [0.1, 0.15) is 20.8 Å². The maximum Gasteiger partial charge on any atom is 0.175 e. The molecule has 0 aliphatic heterocycles. The Balaban J connectivity index is 3.11. The number of carbonyl (C=O) groups is 1. The van der Waals surface area contributed by atoms with Crippen LogP contribution in [0.3, 0.4) is 0 Å². The lowest BCUT2D eigenvalue weighted by molar-refractivity contribution is -0.125. The van der Waals surface area contributed by atoms with Crippen molar-refractivity contribution in [2.75, 3.05) is 0 Å². The monoisotopic (exact) mass is 200 g/mol.